The third kappa shape index (κ3) is 5.06. The summed E-state index contributed by atoms with van der Waals surface area (Å²) in [5.41, 5.74) is 0. The van der Waals surface area contributed by atoms with Crippen molar-refractivity contribution in [2.75, 3.05) is 19.8 Å². The van der Waals surface area contributed by atoms with E-state index in [1.807, 2.05) is 14.0 Å². The third-order valence-electron chi connectivity index (χ3n) is 2.63. The molecule has 0 spiro atoms. The second-order valence-electron chi connectivity index (χ2n) is 4.42. The van der Waals surface area contributed by atoms with Gasteiger partial charge in [-0.1, -0.05) is 0 Å². The lowest BCUT2D eigenvalue weighted by Crippen LogP contribution is -2.15. The minimum Gasteiger partial charge on any atom is -0.491 e. The maximum absolute atomic E-state index is 11.3. The molecule has 0 aliphatic carbocycles. The number of sulfone groups is 1. The van der Waals surface area contributed by atoms with Gasteiger partial charge in [-0.05, 0) is 57.6 Å². The van der Waals surface area contributed by atoms with E-state index in [0.717, 1.165) is 19.4 Å². The van der Waals surface area contributed by atoms with Gasteiger partial charge in [0.2, 0.25) is 0 Å². The van der Waals surface area contributed by atoms with E-state index in [2.05, 4.69) is 5.32 Å². The molecule has 0 fully saturated rings. The second-order valence-corrected chi connectivity index (χ2v) is 6.43. The monoisotopic (exact) mass is 271 g/mol. The Kier molecular flexibility index (Phi) is 5.62. The van der Waals surface area contributed by atoms with E-state index in [1.165, 1.54) is 6.26 Å². The smallest absolute Gasteiger partial charge is 0.175 e. The first-order chi connectivity index (χ1) is 8.43. The lowest BCUT2D eigenvalue weighted by Gasteiger charge is -2.14. The van der Waals surface area contributed by atoms with Crippen LogP contribution in [0.15, 0.2) is 29.2 Å². The highest BCUT2D eigenvalue weighted by atomic mass is 32.2. The highest BCUT2D eigenvalue weighted by Gasteiger charge is 2.08. The second kappa shape index (κ2) is 6.75. The molecular formula is C13H21NO3S. The Morgan fingerprint density at radius 1 is 1.28 bits per heavy atom. The molecule has 0 radical (unpaired) electrons. The van der Waals surface area contributed by atoms with Crippen molar-refractivity contribution in [2.45, 2.75) is 30.8 Å². The summed E-state index contributed by atoms with van der Waals surface area (Å²) in [6.45, 7) is 2.99. The zero-order valence-electron chi connectivity index (χ0n) is 11.1. The van der Waals surface area contributed by atoms with Gasteiger partial charge < -0.3 is 10.1 Å². The van der Waals surface area contributed by atoms with Crippen LogP contribution in [0.3, 0.4) is 0 Å². The molecule has 4 nitrogen and oxygen atoms in total. The van der Waals surface area contributed by atoms with Gasteiger partial charge in [-0.15, -0.1) is 0 Å². The Morgan fingerprint density at radius 2 is 1.89 bits per heavy atom. The molecule has 1 N–H and O–H groups in total. The van der Waals surface area contributed by atoms with Crippen molar-refractivity contribution in [1.82, 2.24) is 5.32 Å². The standard InChI is InChI=1S/C13H21NO3S/c1-11(5-4-10-14-2)17-12-6-8-13(9-7-12)18(3,15)16/h6-9,11,14H,4-5,10H2,1-3H3. The zero-order valence-corrected chi connectivity index (χ0v) is 12.0. The summed E-state index contributed by atoms with van der Waals surface area (Å²) < 4.78 is 28.3. The number of rotatable bonds is 7. The summed E-state index contributed by atoms with van der Waals surface area (Å²) in [4.78, 5) is 0.317. The lowest BCUT2D eigenvalue weighted by molar-refractivity contribution is 0.207. The van der Waals surface area contributed by atoms with Crippen molar-refractivity contribution < 1.29 is 13.2 Å². The molecule has 5 heteroatoms. The summed E-state index contributed by atoms with van der Waals surface area (Å²) >= 11 is 0. The fourth-order valence-corrected chi connectivity index (χ4v) is 2.25. The minimum atomic E-state index is -3.13. The number of hydrogen-bond acceptors (Lipinski definition) is 4. The number of ether oxygens (including phenoxy) is 1. The molecule has 1 unspecified atom stereocenters. The van der Waals surface area contributed by atoms with Crippen LogP contribution in [0.5, 0.6) is 5.75 Å². The van der Waals surface area contributed by atoms with E-state index in [-0.39, 0.29) is 6.10 Å². The largest absolute Gasteiger partial charge is 0.491 e. The predicted octanol–water partition coefficient (Wildman–Crippen LogP) is 1.86. The van der Waals surface area contributed by atoms with Crippen LogP contribution in [0.4, 0.5) is 0 Å². The molecule has 0 heterocycles. The topological polar surface area (TPSA) is 55.4 Å². The van der Waals surface area contributed by atoms with Crippen molar-refractivity contribution in [3.63, 3.8) is 0 Å². The van der Waals surface area contributed by atoms with E-state index in [1.54, 1.807) is 24.3 Å². The Labute approximate surface area is 109 Å². The highest BCUT2D eigenvalue weighted by Crippen LogP contribution is 2.17. The van der Waals surface area contributed by atoms with Gasteiger partial charge in [0.05, 0.1) is 11.0 Å². The Hall–Kier alpha value is -1.07. The molecule has 1 aromatic carbocycles. The fourth-order valence-electron chi connectivity index (χ4n) is 1.62. The van der Waals surface area contributed by atoms with Crippen molar-refractivity contribution >= 4 is 9.84 Å². The molecule has 1 aromatic rings. The molecule has 0 aliphatic heterocycles. The van der Waals surface area contributed by atoms with Crippen LogP contribution in [0, 0.1) is 0 Å². The molecule has 102 valence electrons. The molecule has 0 aliphatic rings. The average molecular weight is 271 g/mol. The van der Waals surface area contributed by atoms with E-state index in [0.29, 0.717) is 10.6 Å². The third-order valence-corrected chi connectivity index (χ3v) is 3.76. The minimum absolute atomic E-state index is 0.127. The molecular weight excluding hydrogens is 250 g/mol. The van der Waals surface area contributed by atoms with Crippen LogP contribution in [-0.2, 0) is 9.84 Å². The van der Waals surface area contributed by atoms with Crippen molar-refractivity contribution in [3.05, 3.63) is 24.3 Å². The van der Waals surface area contributed by atoms with Crippen molar-refractivity contribution in [3.8, 4) is 5.75 Å². The van der Waals surface area contributed by atoms with Gasteiger partial charge >= 0.3 is 0 Å². The Bertz CT molecular complexity index is 454. The molecule has 0 bridgehead atoms. The molecule has 0 aromatic heterocycles. The van der Waals surface area contributed by atoms with E-state index < -0.39 is 9.84 Å². The average Bonchev–Trinajstić information content (AvgIpc) is 2.29. The normalized spacial score (nSPS) is 13.3. The number of benzene rings is 1. The molecule has 1 rings (SSSR count). The van der Waals surface area contributed by atoms with Gasteiger partial charge in [0.15, 0.2) is 9.84 Å². The Morgan fingerprint density at radius 3 is 2.39 bits per heavy atom. The van der Waals surface area contributed by atoms with Crippen LogP contribution < -0.4 is 10.1 Å². The molecule has 0 amide bonds. The lowest BCUT2D eigenvalue weighted by atomic mass is 10.2. The van der Waals surface area contributed by atoms with E-state index >= 15 is 0 Å². The van der Waals surface area contributed by atoms with Crippen LogP contribution in [0.25, 0.3) is 0 Å². The summed E-state index contributed by atoms with van der Waals surface area (Å²) in [5.74, 6) is 0.708. The molecule has 0 saturated heterocycles. The van der Waals surface area contributed by atoms with Crippen molar-refractivity contribution in [2.24, 2.45) is 0 Å². The number of hydrogen-bond donors (Lipinski definition) is 1. The van der Waals surface area contributed by atoms with Crippen molar-refractivity contribution in [1.29, 1.82) is 0 Å². The SMILES string of the molecule is CNCCCC(C)Oc1ccc(S(C)(=O)=O)cc1. The molecule has 1 atom stereocenters. The van der Waals surface area contributed by atoms with Crippen LogP contribution in [0.1, 0.15) is 19.8 Å². The molecule has 0 saturated carbocycles. The maximum Gasteiger partial charge on any atom is 0.175 e. The number of nitrogens with one attached hydrogen (secondary N) is 1. The summed E-state index contributed by atoms with van der Waals surface area (Å²) in [6, 6.07) is 6.55. The molecule has 18 heavy (non-hydrogen) atoms. The first-order valence-corrected chi connectivity index (χ1v) is 7.94. The van der Waals surface area contributed by atoms with Gasteiger partial charge in [-0.3, -0.25) is 0 Å². The van der Waals surface area contributed by atoms with Gasteiger partial charge in [-0.2, -0.15) is 0 Å². The van der Waals surface area contributed by atoms with Gasteiger partial charge in [-0.25, -0.2) is 8.42 Å². The van der Waals surface area contributed by atoms with Gasteiger partial charge in [0.25, 0.3) is 0 Å². The first-order valence-electron chi connectivity index (χ1n) is 6.05. The maximum atomic E-state index is 11.3. The summed E-state index contributed by atoms with van der Waals surface area (Å²) in [5, 5.41) is 3.09. The summed E-state index contributed by atoms with van der Waals surface area (Å²) in [7, 11) is -1.20. The van der Waals surface area contributed by atoms with Gasteiger partial charge in [0.1, 0.15) is 5.75 Å². The summed E-state index contributed by atoms with van der Waals surface area (Å²) in [6.07, 6.45) is 3.35. The Balaban J connectivity index is 2.53. The van der Waals surface area contributed by atoms with E-state index in [4.69, 9.17) is 4.74 Å². The zero-order chi connectivity index (χ0) is 13.6. The van der Waals surface area contributed by atoms with Gasteiger partial charge in [0, 0.05) is 6.26 Å². The van der Waals surface area contributed by atoms with Crippen LogP contribution in [0.2, 0.25) is 0 Å². The van der Waals surface area contributed by atoms with Crippen LogP contribution in [-0.4, -0.2) is 34.4 Å². The van der Waals surface area contributed by atoms with Crippen LogP contribution >= 0.6 is 0 Å². The first kappa shape index (κ1) is 15.0. The highest BCUT2D eigenvalue weighted by molar-refractivity contribution is 7.90. The quantitative estimate of drug-likeness (QED) is 0.769. The van der Waals surface area contributed by atoms with E-state index in [9.17, 15) is 8.42 Å². The fraction of sp³-hybridized carbons (Fsp3) is 0.538. The predicted molar refractivity (Wildman–Crippen MR) is 72.8 cm³/mol.